The summed E-state index contributed by atoms with van der Waals surface area (Å²) in [5.74, 6) is 0.571. The second kappa shape index (κ2) is 5.66. The van der Waals surface area contributed by atoms with Gasteiger partial charge in [-0.2, -0.15) is 0 Å². The molecule has 0 saturated carbocycles. The van der Waals surface area contributed by atoms with Crippen LogP contribution in [0, 0.1) is 0 Å². The lowest BCUT2D eigenvalue weighted by Gasteiger charge is -2.10. The highest BCUT2D eigenvalue weighted by Gasteiger charge is 2.06. The van der Waals surface area contributed by atoms with Crippen LogP contribution in [0.2, 0.25) is 10.0 Å². The molecule has 1 rings (SSSR count). The number of hydrogen-bond acceptors (Lipinski definition) is 2. The number of ether oxygens (including phenoxy) is 1. The SMILES string of the molecule is OC(CCl)COc1cc(Cl)ccc1Cl. The molecular formula is C9H9Cl3O2. The molecule has 0 bridgehead atoms. The summed E-state index contributed by atoms with van der Waals surface area (Å²) >= 11 is 17.0. The first kappa shape index (κ1) is 11.9. The van der Waals surface area contributed by atoms with Crippen LogP contribution >= 0.6 is 34.8 Å². The van der Waals surface area contributed by atoms with E-state index in [1.807, 2.05) is 0 Å². The molecule has 0 saturated heterocycles. The van der Waals surface area contributed by atoms with Gasteiger partial charge in [-0.1, -0.05) is 23.2 Å². The molecule has 1 atom stereocenters. The molecule has 0 heterocycles. The van der Waals surface area contributed by atoms with Gasteiger partial charge in [-0.25, -0.2) is 0 Å². The molecule has 0 aliphatic heterocycles. The average molecular weight is 256 g/mol. The van der Waals surface area contributed by atoms with E-state index in [1.165, 1.54) is 0 Å². The van der Waals surface area contributed by atoms with E-state index in [9.17, 15) is 0 Å². The van der Waals surface area contributed by atoms with Crippen molar-refractivity contribution in [2.24, 2.45) is 0 Å². The molecular weight excluding hydrogens is 246 g/mol. The summed E-state index contributed by atoms with van der Waals surface area (Å²) in [6.45, 7) is 0.101. The van der Waals surface area contributed by atoms with Crippen LogP contribution < -0.4 is 4.74 Å². The second-order valence-corrected chi connectivity index (χ2v) is 3.85. The Hall–Kier alpha value is -0.150. The minimum absolute atomic E-state index is 0.101. The first-order chi connectivity index (χ1) is 6.63. The number of aliphatic hydroxyl groups excluding tert-OH is 1. The van der Waals surface area contributed by atoms with Crippen molar-refractivity contribution in [3.8, 4) is 5.75 Å². The van der Waals surface area contributed by atoms with Crippen molar-refractivity contribution in [1.29, 1.82) is 0 Å². The highest BCUT2D eigenvalue weighted by molar-refractivity contribution is 6.34. The summed E-state index contributed by atoms with van der Waals surface area (Å²) in [4.78, 5) is 0. The molecule has 1 unspecified atom stereocenters. The highest BCUT2D eigenvalue weighted by atomic mass is 35.5. The van der Waals surface area contributed by atoms with Crippen LogP contribution in [0.5, 0.6) is 5.75 Å². The van der Waals surface area contributed by atoms with Crippen LogP contribution in [-0.4, -0.2) is 23.7 Å². The van der Waals surface area contributed by atoms with Crippen molar-refractivity contribution in [3.63, 3.8) is 0 Å². The zero-order chi connectivity index (χ0) is 10.6. The fraction of sp³-hybridized carbons (Fsp3) is 0.333. The summed E-state index contributed by atoms with van der Waals surface area (Å²) in [6, 6.07) is 4.88. The summed E-state index contributed by atoms with van der Waals surface area (Å²) in [7, 11) is 0. The van der Waals surface area contributed by atoms with Crippen molar-refractivity contribution in [3.05, 3.63) is 28.2 Å². The summed E-state index contributed by atoms with van der Waals surface area (Å²) in [5, 5.41) is 10.1. The Labute approximate surface area is 97.3 Å². The van der Waals surface area contributed by atoms with Crippen molar-refractivity contribution >= 4 is 34.8 Å². The van der Waals surface area contributed by atoms with Crippen LogP contribution in [0.25, 0.3) is 0 Å². The average Bonchev–Trinajstić information content (AvgIpc) is 2.19. The summed E-state index contributed by atoms with van der Waals surface area (Å²) in [5.41, 5.74) is 0. The molecule has 1 aromatic rings. The Kier molecular flexibility index (Phi) is 4.82. The van der Waals surface area contributed by atoms with Gasteiger partial charge in [0.05, 0.1) is 10.9 Å². The molecule has 0 aliphatic rings. The smallest absolute Gasteiger partial charge is 0.139 e. The number of halogens is 3. The maximum atomic E-state index is 9.15. The predicted octanol–water partition coefficient (Wildman–Crippen LogP) is 2.97. The lowest BCUT2D eigenvalue weighted by atomic mass is 10.3. The van der Waals surface area contributed by atoms with E-state index >= 15 is 0 Å². The third-order valence-electron chi connectivity index (χ3n) is 1.50. The number of alkyl halides is 1. The van der Waals surface area contributed by atoms with Gasteiger partial charge >= 0.3 is 0 Å². The largest absolute Gasteiger partial charge is 0.489 e. The maximum absolute atomic E-state index is 9.15. The van der Waals surface area contributed by atoms with E-state index in [4.69, 9.17) is 44.6 Å². The van der Waals surface area contributed by atoms with Crippen LogP contribution in [0.1, 0.15) is 0 Å². The Bertz CT molecular complexity index is 304. The van der Waals surface area contributed by atoms with Crippen LogP contribution in [0.3, 0.4) is 0 Å². The summed E-state index contributed by atoms with van der Waals surface area (Å²) < 4.78 is 5.22. The van der Waals surface area contributed by atoms with Gasteiger partial charge in [-0.15, -0.1) is 11.6 Å². The number of rotatable bonds is 4. The van der Waals surface area contributed by atoms with Crippen LogP contribution in [0.15, 0.2) is 18.2 Å². The van der Waals surface area contributed by atoms with Gasteiger partial charge in [0, 0.05) is 11.1 Å². The first-order valence-corrected chi connectivity index (χ1v) is 5.24. The van der Waals surface area contributed by atoms with Gasteiger partial charge in [0.2, 0.25) is 0 Å². The molecule has 2 nitrogen and oxygen atoms in total. The van der Waals surface area contributed by atoms with E-state index in [0.29, 0.717) is 15.8 Å². The van der Waals surface area contributed by atoms with Gasteiger partial charge < -0.3 is 9.84 Å². The Balaban J connectivity index is 2.62. The lowest BCUT2D eigenvalue weighted by Crippen LogP contribution is -2.18. The molecule has 0 aromatic heterocycles. The van der Waals surface area contributed by atoms with E-state index in [1.54, 1.807) is 18.2 Å². The van der Waals surface area contributed by atoms with E-state index in [2.05, 4.69) is 0 Å². The fourth-order valence-electron chi connectivity index (χ4n) is 0.818. The first-order valence-electron chi connectivity index (χ1n) is 3.95. The van der Waals surface area contributed by atoms with Crippen molar-refractivity contribution in [2.75, 3.05) is 12.5 Å². The van der Waals surface area contributed by atoms with Crippen LogP contribution in [0.4, 0.5) is 0 Å². The standard InChI is InChI=1S/C9H9Cl3O2/c10-4-7(13)5-14-9-3-6(11)1-2-8(9)12/h1-3,7,13H,4-5H2. The molecule has 0 radical (unpaired) electrons. The van der Waals surface area contributed by atoms with Crippen molar-refractivity contribution in [1.82, 2.24) is 0 Å². The highest BCUT2D eigenvalue weighted by Crippen LogP contribution is 2.27. The molecule has 0 fully saturated rings. The Morgan fingerprint density at radius 1 is 1.36 bits per heavy atom. The molecule has 1 N–H and O–H groups in total. The molecule has 0 amide bonds. The van der Waals surface area contributed by atoms with E-state index in [-0.39, 0.29) is 12.5 Å². The molecule has 1 aromatic carbocycles. The molecule has 78 valence electrons. The normalized spacial score (nSPS) is 12.6. The number of benzene rings is 1. The maximum Gasteiger partial charge on any atom is 0.139 e. The Morgan fingerprint density at radius 2 is 2.07 bits per heavy atom. The van der Waals surface area contributed by atoms with Gasteiger partial charge in [0.1, 0.15) is 18.5 Å². The number of aliphatic hydroxyl groups is 1. The number of hydrogen-bond donors (Lipinski definition) is 1. The van der Waals surface area contributed by atoms with Gasteiger partial charge in [0.15, 0.2) is 0 Å². The molecule has 0 spiro atoms. The third kappa shape index (κ3) is 3.54. The van der Waals surface area contributed by atoms with Crippen molar-refractivity contribution in [2.45, 2.75) is 6.10 Å². The molecule has 0 aliphatic carbocycles. The van der Waals surface area contributed by atoms with E-state index in [0.717, 1.165) is 0 Å². The zero-order valence-corrected chi connectivity index (χ0v) is 9.48. The van der Waals surface area contributed by atoms with E-state index < -0.39 is 6.10 Å². The predicted molar refractivity (Wildman–Crippen MR) is 58.7 cm³/mol. The lowest BCUT2D eigenvalue weighted by molar-refractivity contribution is 0.125. The minimum Gasteiger partial charge on any atom is -0.489 e. The Morgan fingerprint density at radius 3 is 2.71 bits per heavy atom. The summed E-state index contributed by atoms with van der Waals surface area (Å²) in [6.07, 6.45) is -0.702. The minimum atomic E-state index is -0.702. The fourth-order valence-corrected chi connectivity index (χ4v) is 1.24. The molecule has 14 heavy (non-hydrogen) atoms. The monoisotopic (exact) mass is 254 g/mol. The van der Waals surface area contributed by atoms with Crippen molar-refractivity contribution < 1.29 is 9.84 Å². The topological polar surface area (TPSA) is 29.5 Å². The molecule has 5 heteroatoms. The van der Waals surface area contributed by atoms with Gasteiger partial charge in [0.25, 0.3) is 0 Å². The van der Waals surface area contributed by atoms with Gasteiger partial charge in [-0.3, -0.25) is 0 Å². The third-order valence-corrected chi connectivity index (χ3v) is 2.41. The second-order valence-electron chi connectivity index (χ2n) is 2.69. The quantitative estimate of drug-likeness (QED) is 0.838. The van der Waals surface area contributed by atoms with Crippen LogP contribution in [-0.2, 0) is 0 Å². The van der Waals surface area contributed by atoms with Gasteiger partial charge in [-0.05, 0) is 12.1 Å². The zero-order valence-electron chi connectivity index (χ0n) is 7.21.